The van der Waals surface area contributed by atoms with Crippen LogP contribution in [0.15, 0.2) is 15.8 Å². The maximum absolute atomic E-state index is 14.7. The van der Waals surface area contributed by atoms with Gasteiger partial charge in [-0.2, -0.15) is 11.8 Å². The number of unbranched alkanes of at least 4 members (excludes halogenated alkanes) is 16. The Hall–Kier alpha value is -1.01. The summed E-state index contributed by atoms with van der Waals surface area (Å²) in [6.45, 7) is 5.90. The summed E-state index contributed by atoms with van der Waals surface area (Å²) in [6.07, 6.45) is 19.5. The molecule has 48 heavy (non-hydrogen) atoms. The number of hydrogen-bond acceptors (Lipinski definition) is 8. The minimum Gasteiger partial charge on any atom is -0.375 e. The molecule has 1 aromatic rings. The average Bonchev–Trinajstić information content (AvgIpc) is 3.43. The smallest absolute Gasteiger partial charge is 0.375 e. The van der Waals surface area contributed by atoms with Gasteiger partial charge in [-0.25, -0.2) is 13.8 Å². The number of aromatic amines is 1. The summed E-state index contributed by atoms with van der Waals surface area (Å²) in [5.41, 5.74) is -0.964. The van der Waals surface area contributed by atoms with Crippen LogP contribution in [0.5, 0.6) is 0 Å². The molecule has 0 spiro atoms. The van der Waals surface area contributed by atoms with Crippen molar-refractivity contribution >= 4 is 19.6 Å². The van der Waals surface area contributed by atoms with Gasteiger partial charge < -0.3 is 14.4 Å². The largest absolute Gasteiger partial charge is 0.472 e. The third-order valence-electron chi connectivity index (χ3n) is 8.74. The van der Waals surface area contributed by atoms with E-state index in [0.29, 0.717) is 12.4 Å². The molecule has 2 N–H and O–H groups in total. The number of nitrogens with zero attached hydrogens (tertiary/aromatic N) is 1. The van der Waals surface area contributed by atoms with Crippen molar-refractivity contribution in [3.05, 3.63) is 32.6 Å². The van der Waals surface area contributed by atoms with Gasteiger partial charge in [-0.15, -0.1) is 0 Å². The van der Waals surface area contributed by atoms with Gasteiger partial charge in [0.25, 0.3) is 5.56 Å². The van der Waals surface area contributed by atoms with Crippen LogP contribution in [0.2, 0.25) is 0 Å². The van der Waals surface area contributed by atoms with Crippen LogP contribution >= 0.6 is 19.6 Å². The van der Waals surface area contributed by atoms with Gasteiger partial charge in [0.1, 0.15) is 18.5 Å². The van der Waals surface area contributed by atoms with Crippen LogP contribution in [0.4, 0.5) is 4.39 Å². The van der Waals surface area contributed by atoms with Crippen LogP contribution in [0.3, 0.4) is 0 Å². The van der Waals surface area contributed by atoms with Crippen molar-refractivity contribution in [2.24, 2.45) is 0 Å². The fourth-order valence-electron chi connectivity index (χ4n) is 5.73. The molecule has 1 aliphatic heterocycles. The van der Waals surface area contributed by atoms with Gasteiger partial charge in [0.15, 0.2) is 0 Å². The lowest BCUT2D eigenvalue weighted by Crippen LogP contribution is -2.33. The fourth-order valence-corrected chi connectivity index (χ4v) is 7.52. The normalized spacial score (nSPS) is 19.9. The molecule has 0 saturated carbocycles. The Kier molecular flexibility index (Phi) is 23.3. The van der Waals surface area contributed by atoms with E-state index in [-0.39, 0.29) is 24.7 Å². The van der Waals surface area contributed by atoms with Crippen molar-refractivity contribution in [2.75, 3.05) is 31.3 Å². The number of phosphoric ester groups is 1. The molecular weight excluding hydrogens is 658 g/mol. The van der Waals surface area contributed by atoms with Gasteiger partial charge in [-0.3, -0.25) is 23.4 Å². The predicted octanol–water partition coefficient (Wildman–Crippen LogP) is 8.78. The van der Waals surface area contributed by atoms with Crippen LogP contribution in [-0.2, 0) is 23.1 Å². The van der Waals surface area contributed by atoms with Gasteiger partial charge in [0.05, 0.1) is 19.3 Å². The first kappa shape index (κ1) is 43.2. The number of halogens is 1. The molecule has 13 heteroatoms. The van der Waals surface area contributed by atoms with Crippen LogP contribution in [0.25, 0.3) is 0 Å². The summed E-state index contributed by atoms with van der Waals surface area (Å²) >= 11 is 1.77. The van der Waals surface area contributed by atoms with Gasteiger partial charge in [0.2, 0.25) is 0 Å². The van der Waals surface area contributed by atoms with Crippen molar-refractivity contribution in [3.8, 4) is 0 Å². The number of rotatable bonds is 30. The predicted molar refractivity (Wildman–Crippen MR) is 193 cm³/mol. The van der Waals surface area contributed by atoms with Crippen LogP contribution < -0.4 is 11.2 Å². The second-order valence-electron chi connectivity index (χ2n) is 13.1. The molecule has 0 radical (unpaired) electrons. The zero-order valence-electron chi connectivity index (χ0n) is 29.8. The molecule has 0 amide bonds. The van der Waals surface area contributed by atoms with Crippen molar-refractivity contribution in [1.82, 2.24) is 9.55 Å². The third kappa shape index (κ3) is 18.8. The lowest BCUT2D eigenvalue weighted by Gasteiger charge is -2.21. The molecule has 1 fully saturated rings. The third-order valence-corrected chi connectivity index (χ3v) is 10.9. The lowest BCUT2D eigenvalue weighted by molar-refractivity contribution is -0.0392. The highest BCUT2D eigenvalue weighted by molar-refractivity contribution is 7.99. The van der Waals surface area contributed by atoms with Gasteiger partial charge >= 0.3 is 13.5 Å². The Bertz CT molecular complexity index is 1140. The van der Waals surface area contributed by atoms with E-state index in [0.717, 1.165) is 29.6 Å². The summed E-state index contributed by atoms with van der Waals surface area (Å²) in [4.78, 5) is 36.4. The molecule has 0 aromatic carbocycles. The zero-order chi connectivity index (χ0) is 35.0. The van der Waals surface area contributed by atoms with Crippen LogP contribution in [-0.4, -0.2) is 64.2 Å². The first-order chi connectivity index (χ1) is 23.2. The average molecular weight is 723 g/mol. The van der Waals surface area contributed by atoms with Crippen molar-refractivity contribution in [2.45, 2.75) is 167 Å². The fraction of sp³-hybridized carbons (Fsp3) is 0.886. The Morgan fingerprint density at radius 3 is 2.10 bits per heavy atom. The van der Waals surface area contributed by atoms with E-state index in [4.69, 9.17) is 18.5 Å². The number of thioether (sulfide) groups is 1. The number of aromatic nitrogens is 2. The molecule has 1 aliphatic rings. The molecule has 280 valence electrons. The summed E-state index contributed by atoms with van der Waals surface area (Å²) in [7, 11) is -4.53. The molecule has 1 aromatic heterocycles. The maximum atomic E-state index is 14.7. The summed E-state index contributed by atoms with van der Waals surface area (Å²) in [5.74, 6) is 1.64. The molecule has 2 rings (SSSR count). The van der Waals surface area contributed by atoms with E-state index in [1.807, 2.05) is 0 Å². The van der Waals surface area contributed by atoms with E-state index in [9.17, 15) is 23.4 Å². The monoisotopic (exact) mass is 722 g/mol. The van der Waals surface area contributed by atoms with Crippen LogP contribution in [0, 0.1) is 6.92 Å². The molecule has 4 unspecified atom stereocenters. The highest BCUT2D eigenvalue weighted by Gasteiger charge is 2.39. The quantitative estimate of drug-likeness (QED) is 0.0591. The topological polar surface area (TPSA) is 129 Å². The van der Waals surface area contributed by atoms with Gasteiger partial charge in [-0.05, 0) is 25.5 Å². The van der Waals surface area contributed by atoms with E-state index < -0.39 is 44.2 Å². The maximum Gasteiger partial charge on any atom is 0.472 e. The highest BCUT2D eigenvalue weighted by atomic mass is 32.2. The number of phosphoric acid groups is 1. The van der Waals surface area contributed by atoms with E-state index >= 15 is 0 Å². The lowest BCUT2D eigenvalue weighted by atomic mass is 10.1. The summed E-state index contributed by atoms with van der Waals surface area (Å²) in [6, 6.07) is 0. The SMILES string of the molecule is CCCCCCCCCCCCSC[C@@H](COP(=O)(O)OCC1OC(n2cc(C)c(=O)[nH]c2=O)CC1F)OCCCCCCCCCC. The van der Waals surface area contributed by atoms with Crippen molar-refractivity contribution in [3.63, 3.8) is 0 Å². The first-order valence-corrected chi connectivity index (χ1v) is 21.2. The van der Waals surface area contributed by atoms with E-state index in [1.165, 1.54) is 109 Å². The molecule has 1 saturated heterocycles. The molecule has 5 atom stereocenters. The number of ether oxygens (including phenoxy) is 2. The minimum atomic E-state index is -4.53. The minimum absolute atomic E-state index is 0.116. The van der Waals surface area contributed by atoms with Crippen molar-refractivity contribution < 1.29 is 32.4 Å². The van der Waals surface area contributed by atoms with E-state index in [1.54, 1.807) is 11.8 Å². The molecule has 10 nitrogen and oxygen atoms in total. The number of H-pyrrole nitrogens is 1. The Morgan fingerprint density at radius 2 is 1.50 bits per heavy atom. The number of aryl methyl sites for hydroxylation is 1. The molecular formula is C35H64FN2O8PS. The number of alkyl halides is 1. The molecule has 0 bridgehead atoms. The first-order valence-electron chi connectivity index (χ1n) is 18.6. The van der Waals surface area contributed by atoms with Gasteiger partial charge in [0, 0.05) is 30.5 Å². The number of nitrogens with one attached hydrogen (secondary N) is 1. The summed E-state index contributed by atoms with van der Waals surface area (Å²) < 4.78 is 50.8. The standard InChI is InChI=1S/C35H64FN2O8PS/c1-4-6-8-10-12-14-15-17-19-21-23-48-28-30(43-22-20-18-16-13-11-9-7-5-2)26-44-47(41,42)45-27-32-31(36)24-33(46-32)38-25-29(3)34(39)37-35(38)40/h25,30-33H,4-24,26-28H2,1-3H3,(H,41,42)(H,37,39,40)/t30-,31?,32?,33?/m1/s1. The van der Waals surface area contributed by atoms with Crippen LogP contribution in [0.1, 0.15) is 148 Å². The zero-order valence-corrected chi connectivity index (χ0v) is 31.6. The number of hydrogen-bond donors (Lipinski definition) is 2. The Balaban J connectivity index is 1.74. The van der Waals surface area contributed by atoms with E-state index in [2.05, 4.69) is 18.8 Å². The highest BCUT2D eigenvalue weighted by Crippen LogP contribution is 2.45. The molecule has 0 aliphatic carbocycles. The Labute approximate surface area is 292 Å². The summed E-state index contributed by atoms with van der Waals surface area (Å²) in [5, 5.41) is 0. The van der Waals surface area contributed by atoms with Crippen molar-refractivity contribution in [1.29, 1.82) is 0 Å². The Morgan fingerprint density at radius 1 is 0.938 bits per heavy atom. The van der Waals surface area contributed by atoms with Gasteiger partial charge in [-0.1, -0.05) is 117 Å². The second-order valence-corrected chi connectivity index (χ2v) is 15.7. The second kappa shape index (κ2) is 25.9. The molecule has 2 heterocycles.